The van der Waals surface area contributed by atoms with Gasteiger partial charge in [-0.25, -0.2) is 4.98 Å². The van der Waals surface area contributed by atoms with E-state index in [2.05, 4.69) is 25.6 Å². The van der Waals surface area contributed by atoms with Crippen LogP contribution in [-0.4, -0.2) is 57.1 Å². The lowest BCUT2D eigenvalue weighted by Crippen LogP contribution is -2.42. The van der Waals surface area contributed by atoms with Crippen LogP contribution in [0.3, 0.4) is 0 Å². The van der Waals surface area contributed by atoms with Gasteiger partial charge in [-0.1, -0.05) is 18.2 Å². The molecule has 0 radical (unpaired) electrons. The van der Waals surface area contributed by atoms with Crippen LogP contribution in [0.2, 0.25) is 0 Å². The van der Waals surface area contributed by atoms with Crippen LogP contribution in [0.15, 0.2) is 48.8 Å². The van der Waals surface area contributed by atoms with Crippen molar-refractivity contribution in [3.05, 3.63) is 54.4 Å². The first-order valence-electron chi connectivity index (χ1n) is 11.6. The minimum absolute atomic E-state index is 0.0428. The average molecular weight is 463 g/mol. The topological polar surface area (TPSA) is 120 Å². The first-order valence-corrected chi connectivity index (χ1v) is 11.6. The van der Waals surface area contributed by atoms with Crippen LogP contribution in [0.4, 0.5) is 5.95 Å². The minimum Gasteiger partial charge on any atom is -0.356 e. The molecule has 2 aromatic heterocycles. The van der Waals surface area contributed by atoms with Gasteiger partial charge in [0, 0.05) is 38.4 Å². The molecule has 1 atom stereocenters. The molecule has 178 valence electrons. The van der Waals surface area contributed by atoms with Gasteiger partial charge >= 0.3 is 0 Å². The van der Waals surface area contributed by atoms with Crippen molar-refractivity contribution in [2.75, 3.05) is 25.0 Å². The van der Waals surface area contributed by atoms with E-state index in [9.17, 15) is 14.4 Å². The van der Waals surface area contributed by atoms with Gasteiger partial charge in [0.1, 0.15) is 12.2 Å². The third-order valence-corrected chi connectivity index (χ3v) is 6.14. The lowest BCUT2D eigenvalue weighted by Gasteiger charge is -2.32. The zero-order chi connectivity index (χ0) is 23.9. The third-order valence-electron chi connectivity index (χ3n) is 6.14. The maximum Gasteiger partial charge on any atom is 0.232 e. The van der Waals surface area contributed by atoms with Gasteiger partial charge in [-0.3, -0.25) is 19.4 Å². The van der Waals surface area contributed by atoms with Crippen LogP contribution in [0.5, 0.6) is 0 Å². The Morgan fingerprint density at radius 3 is 2.65 bits per heavy atom. The third kappa shape index (κ3) is 6.18. The minimum atomic E-state index is -0.485. The van der Waals surface area contributed by atoms with Crippen LogP contribution in [0.25, 0.3) is 11.0 Å². The normalized spacial score (nSPS) is 15.1. The molecule has 0 saturated carbocycles. The smallest absolute Gasteiger partial charge is 0.232 e. The number of aromatic amines is 1. The Balaban J connectivity index is 1.22. The van der Waals surface area contributed by atoms with E-state index in [1.807, 2.05) is 30.3 Å². The van der Waals surface area contributed by atoms with Crippen LogP contribution < -0.4 is 10.6 Å². The Morgan fingerprint density at radius 1 is 1.15 bits per heavy atom. The Labute approximate surface area is 198 Å². The molecule has 2 amide bonds. The predicted octanol–water partition coefficient (Wildman–Crippen LogP) is 2.84. The summed E-state index contributed by atoms with van der Waals surface area (Å²) in [5.74, 6) is 0.572. The summed E-state index contributed by atoms with van der Waals surface area (Å²) in [5.41, 5.74) is 2.67. The summed E-state index contributed by atoms with van der Waals surface area (Å²) < 4.78 is 0. The van der Waals surface area contributed by atoms with Crippen molar-refractivity contribution in [1.29, 1.82) is 0 Å². The number of Topliss-reactive ketones (excluding diaryl/α,β-unsaturated/α-hetero) is 1. The second-order valence-corrected chi connectivity index (χ2v) is 8.80. The second kappa shape index (κ2) is 10.9. The summed E-state index contributed by atoms with van der Waals surface area (Å²) in [7, 11) is 0. The molecule has 1 aromatic carbocycles. The zero-order valence-electron chi connectivity index (χ0n) is 19.3. The van der Waals surface area contributed by atoms with E-state index in [0.717, 1.165) is 41.9 Å². The predicted molar refractivity (Wildman–Crippen MR) is 129 cm³/mol. The maximum absolute atomic E-state index is 12.7. The molecule has 3 heterocycles. The highest BCUT2D eigenvalue weighted by Gasteiger charge is 2.25. The van der Waals surface area contributed by atoms with E-state index < -0.39 is 6.04 Å². The SMILES string of the molecule is CC(=O)CC(NC(=O)CC(=O)N1CCC(CNc2nc3ccccc3[nH]2)CC1)c1cccnc1. The van der Waals surface area contributed by atoms with Crippen LogP contribution >= 0.6 is 0 Å². The number of ketones is 1. The summed E-state index contributed by atoms with van der Waals surface area (Å²) in [5, 5.41) is 6.19. The maximum atomic E-state index is 12.7. The van der Waals surface area contributed by atoms with Crippen LogP contribution in [0, 0.1) is 5.92 Å². The molecule has 1 fully saturated rings. The van der Waals surface area contributed by atoms with E-state index >= 15 is 0 Å². The largest absolute Gasteiger partial charge is 0.356 e. The van der Waals surface area contributed by atoms with E-state index in [4.69, 9.17) is 0 Å². The summed E-state index contributed by atoms with van der Waals surface area (Å²) in [6.45, 7) is 3.50. The van der Waals surface area contributed by atoms with Crippen molar-refractivity contribution in [1.82, 2.24) is 25.2 Å². The zero-order valence-corrected chi connectivity index (χ0v) is 19.3. The van der Waals surface area contributed by atoms with Gasteiger partial charge in [-0.15, -0.1) is 0 Å². The molecular weight excluding hydrogens is 432 g/mol. The van der Waals surface area contributed by atoms with Crippen LogP contribution in [-0.2, 0) is 14.4 Å². The summed E-state index contributed by atoms with van der Waals surface area (Å²) in [6, 6.07) is 11.0. The highest BCUT2D eigenvalue weighted by molar-refractivity contribution is 5.97. The van der Waals surface area contributed by atoms with Gasteiger partial charge < -0.3 is 20.5 Å². The monoisotopic (exact) mass is 462 g/mol. The molecule has 3 aromatic rings. The Morgan fingerprint density at radius 2 is 1.94 bits per heavy atom. The molecular formula is C25H30N6O3. The molecule has 3 N–H and O–H groups in total. The van der Waals surface area contributed by atoms with Gasteiger partial charge in [0.25, 0.3) is 0 Å². The molecule has 0 spiro atoms. The number of para-hydroxylation sites is 2. The van der Waals surface area contributed by atoms with Crippen molar-refractivity contribution in [2.45, 2.75) is 38.6 Å². The highest BCUT2D eigenvalue weighted by Crippen LogP contribution is 2.20. The van der Waals surface area contributed by atoms with Crippen molar-refractivity contribution < 1.29 is 14.4 Å². The van der Waals surface area contributed by atoms with Gasteiger partial charge in [-0.2, -0.15) is 0 Å². The Hall–Kier alpha value is -3.75. The Kier molecular flexibility index (Phi) is 7.51. The average Bonchev–Trinajstić information content (AvgIpc) is 3.26. The second-order valence-electron chi connectivity index (χ2n) is 8.80. The number of H-pyrrole nitrogens is 1. The molecule has 9 heteroatoms. The molecule has 34 heavy (non-hydrogen) atoms. The molecule has 4 rings (SSSR count). The Bertz CT molecular complexity index is 1100. The van der Waals surface area contributed by atoms with Gasteiger partial charge in [0.15, 0.2) is 0 Å². The van der Waals surface area contributed by atoms with E-state index in [0.29, 0.717) is 19.0 Å². The number of rotatable bonds is 9. The first-order chi connectivity index (χ1) is 16.5. The fourth-order valence-electron chi connectivity index (χ4n) is 4.28. The van der Waals surface area contributed by atoms with Gasteiger partial charge in [0.05, 0.1) is 17.1 Å². The standard InChI is InChI=1S/C25H30N6O3/c1-17(32)13-22(19-5-4-10-26-16-19)28-23(33)14-24(34)31-11-8-18(9-12-31)15-27-25-29-20-6-2-3-7-21(20)30-25/h2-7,10,16,18,22H,8-9,11-15H2,1H3,(H,28,33)(H2,27,29,30). The number of imidazole rings is 1. The number of nitrogens with zero attached hydrogens (tertiary/aromatic N) is 3. The fraction of sp³-hybridized carbons (Fsp3) is 0.400. The summed E-state index contributed by atoms with van der Waals surface area (Å²) in [6.07, 6.45) is 4.92. The number of pyridine rings is 1. The number of aromatic nitrogens is 3. The number of hydrogen-bond acceptors (Lipinski definition) is 6. The molecule has 0 aliphatic carbocycles. The molecule has 1 saturated heterocycles. The first kappa shape index (κ1) is 23.4. The van der Waals surface area contributed by atoms with E-state index in [1.165, 1.54) is 6.92 Å². The molecule has 1 aliphatic rings. The van der Waals surface area contributed by atoms with Crippen molar-refractivity contribution in [3.63, 3.8) is 0 Å². The van der Waals surface area contributed by atoms with Crippen molar-refractivity contribution >= 4 is 34.6 Å². The number of benzene rings is 1. The molecule has 9 nitrogen and oxygen atoms in total. The number of likely N-dealkylation sites (tertiary alicyclic amines) is 1. The number of nitrogens with one attached hydrogen (secondary N) is 3. The molecule has 1 unspecified atom stereocenters. The number of anilines is 1. The van der Waals surface area contributed by atoms with E-state index in [1.54, 1.807) is 23.4 Å². The number of amides is 2. The number of fused-ring (bicyclic) bond motifs is 1. The van der Waals surface area contributed by atoms with Crippen molar-refractivity contribution in [3.8, 4) is 0 Å². The van der Waals surface area contributed by atoms with Crippen molar-refractivity contribution in [2.24, 2.45) is 5.92 Å². The summed E-state index contributed by atoms with van der Waals surface area (Å²) >= 11 is 0. The van der Waals surface area contributed by atoms with Gasteiger partial charge in [-0.05, 0) is 49.4 Å². The molecule has 0 bridgehead atoms. The highest BCUT2D eigenvalue weighted by atomic mass is 16.2. The number of carbonyl (C=O) groups excluding carboxylic acids is 3. The number of carbonyl (C=O) groups is 3. The lowest BCUT2D eigenvalue weighted by molar-refractivity contribution is -0.137. The summed E-state index contributed by atoms with van der Waals surface area (Å²) in [4.78, 5) is 50.5. The fourth-order valence-corrected chi connectivity index (χ4v) is 4.28. The van der Waals surface area contributed by atoms with Gasteiger partial charge in [0.2, 0.25) is 17.8 Å². The lowest BCUT2D eigenvalue weighted by atomic mass is 9.96. The van der Waals surface area contributed by atoms with Crippen LogP contribution in [0.1, 0.15) is 44.2 Å². The number of piperidine rings is 1. The van der Waals surface area contributed by atoms with E-state index in [-0.39, 0.29) is 30.4 Å². The number of hydrogen-bond donors (Lipinski definition) is 3. The quantitative estimate of drug-likeness (QED) is 0.421. The molecule has 1 aliphatic heterocycles.